The zero-order valence-corrected chi connectivity index (χ0v) is 16.8. The van der Waals surface area contributed by atoms with Crippen LogP contribution >= 0.6 is 0 Å². The predicted molar refractivity (Wildman–Crippen MR) is 112 cm³/mol. The third-order valence-electron chi connectivity index (χ3n) is 4.89. The Morgan fingerprint density at radius 2 is 1.79 bits per heavy atom. The molecule has 6 nitrogen and oxygen atoms in total. The Balaban J connectivity index is 1.63. The molecular formula is C23H25N3O3. The van der Waals surface area contributed by atoms with Crippen LogP contribution in [0.1, 0.15) is 49.0 Å². The van der Waals surface area contributed by atoms with Crippen LogP contribution in [0.25, 0.3) is 5.69 Å². The summed E-state index contributed by atoms with van der Waals surface area (Å²) in [6.45, 7) is 5.78. The minimum absolute atomic E-state index is 0.317. The summed E-state index contributed by atoms with van der Waals surface area (Å²) in [5.41, 5.74) is 3.02. The highest BCUT2D eigenvalue weighted by atomic mass is 16.5. The van der Waals surface area contributed by atoms with Crippen LogP contribution in [0, 0.1) is 0 Å². The van der Waals surface area contributed by atoms with Gasteiger partial charge in [-0.3, -0.25) is 4.79 Å². The number of carbonyl (C=O) groups is 2. The number of aromatic nitrogens is 2. The smallest absolute Gasteiger partial charge is 0.338 e. The van der Waals surface area contributed by atoms with Gasteiger partial charge in [-0.15, -0.1) is 0 Å². The molecule has 1 heterocycles. The summed E-state index contributed by atoms with van der Waals surface area (Å²) in [5.74, 6) is -0.588. The third kappa shape index (κ3) is 4.90. The monoisotopic (exact) mass is 391 g/mol. The molecule has 29 heavy (non-hydrogen) atoms. The summed E-state index contributed by atoms with van der Waals surface area (Å²) in [5, 5.41) is 7.03. The molecule has 0 aliphatic heterocycles. The van der Waals surface area contributed by atoms with Crippen molar-refractivity contribution in [1.82, 2.24) is 9.78 Å². The van der Waals surface area contributed by atoms with Gasteiger partial charge >= 0.3 is 5.97 Å². The Hall–Kier alpha value is -3.41. The molecule has 1 aromatic heterocycles. The molecular weight excluding hydrogens is 366 g/mol. The second-order valence-corrected chi connectivity index (χ2v) is 6.93. The first-order chi connectivity index (χ1) is 14.0. The van der Waals surface area contributed by atoms with Crippen LogP contribution in [0.4, 0.5) is 5.69 Å². The van der Waals surface area contributed by atoms with Gasteiger partial charge in [0.1, 0.15) is 0 Å². The molecule has 0 fully saturated rings. The first-order valence-corrected chi connectivity index (χ1v) is 9.70. The third-order valence-corrected chi connectivity index (χ3v) is 4.89. The van der Waals surface area contributed by atoms with Crippen molar-refractivity contribution in [3.8, 4) is 5.69 Å². The number of nitrogens with zero attached hydrogens (tertiary/aromatic N) is 2. The maximum Gasteiger partial charge on any atom is 0.338 e. The van der Waals surface area contributed by atoms with E-state index in [9.17, 15) is 9.59 Å². The molecule has 6 heteroatoms. The average molecular weight is 391 g/mol. The fourth-order valence-corrected chi connectivity index (χ4v) is 2.95. The van der Waals surface area contributed by atoms with E-state index >= 15 is 0 Å². The largest absolute Gasteiger partial charge is 0.449 e. The quantitative estimate of drug-likeness (QED) is 0.599. The molecule has 0 aliphatic rings. The van der Waals surface area contributed by atoms with Crippen LogP contribution < -0.4 is 5.32 Å². The van der Waals surface area contributed by atoms with Crippen LogP contribution in [0.3, 0.4) is 0 Å². The maximum absolute atomic E-state index is 12.6. The SMILES string of the molecule is CCC(C)c1ccccc1NC(=O)C(C)OC(=O)c1ccc(-n2cccn2)cc1. The molecule has 0 bridgehead atoms. The van der Waals surface area contributed by atoms with E-state index in [1.165, 1.54) is 0 Å². The first-order valence-electron chi connectivity index (χ1n) is 9.70. The topological polar surface area (TPSA) is 73.2 Å². The number of ether oxygens (including phenoxy) is 1. The van der Waals surface area contributed by atoms with Crippen LogP contribution in [0.2, 0.25) is 0 Å². The molecule has 150 valence electrons. The van der Waals surface area contributed by atoms with Gasteiger partial charge in [-0.1, -0.05) is 32.0 Å². The lowest BCUT2D eigenvalue weighted by atomic mass is 9.97. The highest BCUT2D eigenvalue weighted by Gasteiger charge is 2.20. The second-order valence-electron chi connectivity index (χ2n) is 6.93. The lowest BCUT2D eigenvalue weighted by Crippen LogP contribution is -2.30. The van der Waals surface area contributed by atoms with Crippen molar-refractivity contribution in [2.75, 3.05) is 5.32 Å². The minimum atomic E-state index is -0.918. The van der Waals surface area contributed by atoms with Crippen LogP contribution in [0.15, 0.2) is 67.0 Å². The molecule has 3 aromatic rings. The fourth-order valence-electron chi connectivity index (χ4n) is 2.95. The van der Waals surface area contributed by atoms with E-state index in [0.717, 1.165) is 23.4 Å². The maximum atomic E-state index is 12.6. The van der Waals surface area contributed by atoms with Gasteiger partial charge in [0.05, 0.1) is 11.3 Å². The fraction of sp³-hybridized carbons (Fsp3) is 0.261. The van der Waals surface area contributed by atoms with Crippen LogP contribution in [0.5, 0.6) is 0 Å². The number of carbonyl (C=O) groups excluding carboxylic acids is 2. The van der Waals surface area contributed by atoms with Crippen molar-refractivity contribution >= 4 is 17.6 Å². The standard InChI is InChI=1S/C23H25N3O3/c1-4-16(2)20-8-5-6-9-21(20)25-22(27)17(3)29-23(28)18-10-12-19(13-11-18)26-15-7-14-24-26/h5-17H,4H2,1-3H3,(H,25,27). The lowest BCUT2D eigenvalue weighted by Gasteiger charge is -2.18. The van der Waals surface area contributed by atoms with Gasteiger partial charge in [0.15, 0.2) is 6.10 Å². The van der Waals surface area contributed by atoms with Gasteiger partial charge in [0.25, 0.3) is 5.91 Å². The van der Waals surface area contributed by atoms with E-state index in [-0.39, 0.29) is 5.91 Å². The molecule has 2 atom stereocenters. The van der Waals surface area contributed by atoms with Gasteiger partial charge in [0.2, 0.25) is 0 Å². The molecule has 0 spiro atoms. The molecule has 2 aromatic carbocycles. The number of esters is 1. The van der Waals surface area contributed by atoms with Gasteiger partial charge in [-0.2, -0.15) is 5.10 Å². The Morgan fingerprint density at radius 1 is 1.07 bits per heavy atom. The van der Waals surface area contributed by atoms with Gasteiger partial charge in [0, 0.05) is 18.1 Å². The van der Waals surface area contributed by atoms with E-state index in [4.69, 9.17) is 4.74 Å². The molecule has 0 saturated heterocycles. The average Bonchev–Trinajstić information content (AvgIpc) is 3.28. The van der Waals surface area contributed by atoms with E-state index in [1.54, 1.807) is 42.1 Å². The lowest BCUT2D eigenvalue weighted by molar-refractivity contribution is -0.123. The summed E-state index contributed by atoms with van der Waals surface area (Å²) in [6.07, 6.45) is 3.54. The molecule has 0 saturated carbocycles. The summed E-state index contributed by atoms with van der Waals surface area (Å²) in [4.78, 5) is 25.0. The van der Waals surface area contributed by atoms with E-state index in [0.29, 0.717) is 11.5 Å². The van der Waals surface area contributed by atoms with Crippen LogP contribution in [-0.2, 0) is 9.53 Å². The number of hydrogen-bond donors (Lipinski definition) is 1. The van der Waals surface area contributed by atoms with Gasteiger partial charge in [-0.05, 0) is 61.2 Å². The Kier molecular flexibility index (Phi) is 6.44. The van der Waals surface area contributed by atoms with E-state index in [2.05, 4.69) is 24.3 Å². The van der Waals surface area contributed by atoms with Crippen molar-refractivity contribution in [3.05, 3.63) is 78.1 Å². The number of para-hydroxylation sites is 1. The molecule has 0 radical (unpaired) electrons. The zero-order chi connectivity index (χ0) is 20.8. The summed E-state index contributed by atoms with van der Waals surface area (Å²) < 4.78 is 7.05. The van der Waals surface area contributed by atoms with E-state index in [1.807, 2.05) is 36.5 Å². The number of hydrogen-bond acceptors (Lipinski definition) is 4. The summed E-state index contributed by atoms with van der Waals surface area (Å²) >= 11 is 0. The number of anilines is 1. The van der Waals surface area contributed by atoms with Crippen LogP contribution in [-0.4, -0.2) is 27.8 Å². The predicted octanol–water partition coefficient (Wildman–Crippen LogP) is 4.57. The molecule has 2 unspecified atom stereocenters. The van der Waals surface area contributed by atoms with Crippen molar-refractivity contribution in [2.45, 2.75) is 39.2 Å². The molecule has 1 N–H and O–H groups in total. The Labute approximate surface area is 170 Å². The number of benzene rings is 2. The van der Waals surface area contributed by atoms with Crippen molar-refractivity contribution in [1.29, 1.82) is 0 Å². The van der Waals surface area contributed by atoms with E-state index < -0.39 is 12.1 Å². The highest BCUT2D eigenvalue weighted by molar-refractivity contribution is 5.97. The summed E-state index contributed by atoms with van der Waals surface area (Å²) in [7, 11) is 0. The normalized spacial score (nSPS) is 12.8. The number of nitrogens with one attached hydrogen (secondary N) is 1. The molecule has 1 amide bonds. The van der Waals surface area contributed by atoms with Crippen molar-refractivity contribution < 1.29 is 14.3 Å². The Bertz CT molecular complexity index is 965. The summed E-state index contributed by atoms with van der Waals surface area (Å²) in [6, 6.07) is 16.4. The van der Waals surface area contributed by atoms with Crippen molar-refractivity contribution in [3.63, 3.8) is 0 Å². The first kappa shape index (κ1) is 20.3. The van der Waals surface area contributed by atoms with Crippen molar-refractivity contribution in [2.24, 2.45) is 0 Å². The molecule has 0 aliphatic carbocycles. The number of amides is 1. The zero-order valence-electron chi connectivity index (χ0n) is 16.8. The molecule has 3 rings (SSSR count). The minimum Gasteiger partial charge on any atom is -0.449 e. The van der Waals surface area contributed by atoms with Gasteiger partial charge in [-0.25, -0.2) is 9.48 Å². The second kappa shape index (κ2) is 9.19. The highest BCUT2D eigenvalue weighted by Crippen LogP contribution is 2.26. The number of rotatable bonds is 7. The Morgan fingerprint density at radius 3 is 2.45 bits per heavy atom. The van der Waals surface area contributed by atoms with Gasteiger partial charge < -0.3 is 10.1 Å².